The molecule has 0 aromatic heterocycles. The van der Waals surface area contributed by atoms with E-state index in [0.29, 0.717) is 19.5 Å². The van der Waals surface area contributed by atoms with E-state index in [4.69, 9.17) is 11.6 Å². The second-order valence-electron chi connectivity index (χ2n) is 3.70. The molecular weight excluding hydrogens is 386 g/mol. The van der Waals surface area contributed by atoms with Crippen molar-refractivity contribution in [3.8, 4) is 0 Å². The summed E-state index contributed by atoms with van der Waals surface area (Å²) in [6, 6.07) is 9.67. The van der Waals surface area contributed by atoms with E-state index < -0.39 is 11.9 Å². The molecule has 2 aromatic carbocycles. The molecule has 1 nitrogen and oxygen atoms in total. The largest absolute Gasteiger partial charge is 0.383 e. The molecule has 0 aliphatic rings. The molecule has 0 aliphatic carbocycles. The summed E-state index contributed by atoms with van der Waals surface area (Å²) in [6.45, 7) is 0. The highest BCUT2D eigenvalue weighted by molar-refractivity contribution is 9.10. The lowest BCUT2D eigenvalue weighted by Crippen LogP contribution is -2.04. The van der Waals surface area contributed by atoms with Crippen LogP contribution in [0.15, 0.2) is 45.3 Å². The molecule has 0 amide bonds. The number of hydrogen-bond donors (Lipinski definition) is 1. The first-order valence-corrected chi connectivity index (χ1v) is 7.04. The molecule has 5 heteroatoms. The molecule has 0 spiro atoms. The van der Waals surface area contributed by atoms with Gasteiger partial charge in [0.05, 0.1) is 0 Å². The fraction of sp³-hybridized carbons (Fsp3) is 0.0769. The first-order chi connectivity index (χ1) is 8.50. The van der Waals surface area contributed by atoms with E-state index in [0.717, 1.165) is 0 Å². The summed E-state index contributed by atoms with van der Waals surface area (Å²) < 4.78 is 15.1. The van der Waals surface area contributed by atoms with Crippen molar-refractivity contribution >= 4 is 43.5 Å². The summed E-state index contributed by atoms with van der Waals surface area (Å²) in [4.78, 5) is 0. The predicted molar refractivity (Wildman–Crippen MR) is 77.3 cm³/mol. The minimum Gasteiger partial charge on any atom is -0.383 e. The van der Waals surface area contributed by atoms with Gasteiger partial charge in [0.15, 0.2) is 0 Å². The number of hydrogen-bond acceptors (Lipinski definition) is 1. The van der Waals surface area contributed by atoms with Gasteiger partial charge in [-0.15, -0.1) is 0 Å². The van der Waals surface area contributed by atoms with Crippen molar-refractivity contribution in [1.82, 2.24) is 0 Å². The molecule has 1 N–H and O–H groups in total. The highest BCUT2D eigenvalue weighted by Gasteiger charge is 2.20. The minimum absolute atomic E-state index is 0.187. The van der Waals surface area contributed by atoms with Gasteiger partial charge >= 0.3 is 0 Å². The maximum absolute atomic E-state index is 13.8. The molecule has 2 rings (SSSR count). The van der Waals surface area contributed by atoms with Crippen molar-refractivity contribution < 1.29 is 9.50 Å². The van der Waals surface area contributed by atoms with Crippen LogP contribution in [0.3, 0.4) is 0 Å². The third-order valence-electron chi connectivity index (χ3n) is 2.53. The van der Waals surface area contributed by atoms with Crippen LogP contribution in [-0.4, -0.2) is 5.11 Å². The number of rotatable bonds is 2. The summed E-state index contributed by atoms with van der Waals surface area (Å²) in [5, 5.41) is 10.6. The monoisotopic (exact) mass is 392 g/mol. The van der Waals surface area contributed by atoms with Gasteiger partial charge in [-0.1, -0.05) is 55.6 Å². The van der Waals surface area contributed by atoms with Gasteiger partial charge in [-0.2, -0.15) is 0 Å². The van der Waals surface area contributed by atoms with Crippen LogP contribution in [0.1, 0.15) is 17.2 Å². The van der Waals surface area contributed by atoms with Gasteiger partial charge in [0, 0.05) is 25.1 Å². The van der Waals surface area contributed by atoms with E-state index in [1.54, 1.807) is 24.3 Å². The third kappa shape index (κ3) is 2.77. The van der Waals surface area contributed by atoms with Crippen molar-refractivity contribution in [2.75, 3.05) is 0 Å². The smallest absolute Gasteiger partial charge is 0.130 e. The van der Waals surface area contributed by atoms with Crippen LogP contribution in [0.2, 0.25) is 5.02 Å². The number of aliphatic hydroxyl groups excluding tert-OH is 1. The Kier molecular flexibility index (Phi) is 4.43. The van der Waals surface area contributed by atoms with Crippen LogP contribution in [0.5, 0.6) is 0 Å². The summed E-state index contributed by atoms with van der Waals surface area (Å²) in [5.74, 6) is -0.483. The van der Waals surface area contributed by atoms with Crippen LogP contribution in [-0.2, 0) is 0 Å². The maximum atomic E-state index is 13.8. The normalized spacial score (nSPS) is 12.5. The van der Waals surface area contributed by atoms with Crippen molar-refractivity contribution in [2.45, 2.75) is 6.10 Å². The number of aliphatic hydroxyl groups is 1. The first-order valence-electron chi connectivity index (χ1n) is 5.07. The van der Waals surface area contributed by atoms with Crippen molar-refractivity contribution in [3.05, 3.63) is 67.3 Å². The Balaban J connectivity index is 2.51. The van der Waals surface area contributed by atoms with Gasteiger partial charge in [-0.25, -0.2) is 4.39 Å². The van der Waals surface area contributed by atoms with Gasteiger partial charge < -0.3 is 5.11 Å². The lowest BCUT2D eigenvalue weighted by atomic mass is 10.0. The van der Waals surface area contributed by atoms with E-state index in [-0.39, 0.29) is 5.56 Å². The van der Waals surface area contributed by atoms with Gasteiger partial charge in [0.25, 0.3) is 0 Å². The van der Waals surface area contributed by atoms with Gasteiger partial charge in [0.2, 0.25) is 0 Å². The van der Waals surface area contributed by atoms with Crippen LogP contribution in [0, 0.1) is 5.82 Å². The lowest BCUT2D eigenvalue weighted by molar-refractivity contribution is 0.214. The average Bonchev–Trinajstić information content (AvgIpc) is 2.28. The van der Waals surface area contributed by atoms with Crippen LogP contribution >= 0.6 is 43.5 Å². The molecule has 0 saturated carbocycles. The van der Waals surface area contributed by atoms with Crippen LogP contribution in [0.25, 0.3) is 0 Å². The van der Waals surface area contributed by atoms with Crippen LogP contribution in [0.4, 0.5) is 4.39 Å². The minimum atomic E-state index is -1.11. The van der Waals surface area contributed by atoms with E-state index in [9.17, 15) is 9.50 Å². The third-order valence-corrected chi connectivity index (χ3v) is 4.04. The molecule has 18 heavy (non-hydrogen) atoms. The van der Waals surface area contributed by atoms with Gasteiger partial charge in [0.1, 0.15) is 11.9 Å². The number of benzene rings is 2. The maximum Gasteiger partial charge on any atom is 0.130 e. The van der Waals surface area contributed by atoms with Crippen molar-refractivity contribution in [1.29, 1.82) is 0 Å². The molecule has 94 valence electrons. The Morgan fingerprint density at radius 3 is 2.50 bits per heavy atom. The molecule has 0 radical (unpaired) electrons. The molecule has 1 unspecified atom stereocenters. The summed E-state index contributed by atoms with van der Waals surface area (Å²) in [6.07, 6.45) is -1.11. The highest BCUT2D eigenvalue weighted by Crippen LogP contribution is 2.35. The zero-order valence-electron chi connectivity index (χ0n) is 9.00. The Morgan fingerprint density at radius 1 is 1.17 bits per heavy atom. The Labute approximate surface area is 126 Å². The highest BCUT2D eigenvalue weighted by atomic mass is 79.9. The molecule has 0 aliphatic heterocycles. The van der Waals surface area contributed by atoms with Crippen molar-refractivity contribution in [2.24, 2.45) is 0 Å². The zero-order chi connectivity index (χ0) is 13.3. The molecule has 0 saturated heterocycles. The van der Waals surface area contributed by atoms with E-state index >= 15 is 0 Å². The summed E-state index contributed by atoms with van der Waals surface area (Å²) in [5.41, 5.74) is 0.646. The van der Waals surface area contributed by atoms with Gasteiger partial charge in [-0.3, -0.25) is 0 Å². The molecule has 1 atom stereocenters. The second-order valence-corrected chi connectivity index (χ2v) is 5.88. The van der Waals surface area contributed by atoms with E-state index in [1.165, 1.54) is 12.1 Å². The Bertz CT molecular complexity index is 569. The topological polar surface area (TPSA) is 20.2 Å². The molecule has 0 fully saturated rings. The average molecular weight is 394 g/mol. The second kappa shape index (κ2) is 5.70. The predicted octanol–water partition coefficient (Wildman–Crippen LogP) is 5.09. The Hall–Kier alpha value is -0.420. The fourth-order valence-electron chi connectivity index (χ4n) is 1.65. The Morgan fingerprint density at radius 2 is 1.89 bits per heavy atom. The van der Waals surface area contributed by atoms with E-state index in [1.807, 2.05) is 0 Å². The SMILES string of the molecule is OC(c1ccc(Br)cc1F)c1c(Cl)cccc1Br. The van der Waals surface area contributed by atoms with Crippen molar-refractivity contribution in [3.63, 3.8) is 0 Å². The quantitative estimate of drug-likeness (QED) is 0.753. The summed E-state index contributed by atoms with van der Waals surface area (Å²) >= 11 is 12.5. The fourth-order valence-corrected chi connectivity index (χ4v) is 2.96. The van der Waals surface area contributed by atoms with E-state index in [2.05, 4.69) is 31.9 Å². The molecule has 0 bridgehead atoms. The van der Waals surface area contributed by atoms with Gasteiger partial charge in [-0.05, 0) is 24.3 Å². The summed E-state index contributed by atoms with van der Waals surface area (Å²) in [7, 11) is 0. The first kappa shape index (κ1) is 14.0. The molecule has 0 heterocycles. The molecular formula is C13H8Br2ClFO. The lowest BCUT2D eigenvalue weighted by Gasteiger charge is -2.15. The molecule has 2 aromatic rings. The zero-order valence-corrected chi connectivity index (χ0v) is 12.9. The standard InChI is InChI=1S/C13H8Br2ClFO/c14-7-4-5-8(11(17)6-7)13(18)12-9(15)2-1-3-10(12)16/h1-6,13,18H. The number of halogens is 4. The van der Waals surface area contributed by atoms with Crippen LogP contribution < -0.4 is 0 Å².